The third kappa shape index (κ3) is 8.03. The zero-order valence-corrected chi connectivity index (χ0v) is 22.2. The zero-order valence-electron chi connectivity index (χ0n) is 22.2. The molecule has 0 bridgehead atoms. The van der Waals surface area contributed by atoms with E-state index in [9.17, 15) is 14.4 Å². The average Bonchev–Trinajstić information content (AvgIpc) is 3.33. The number of aryl methyl sites for hydroxylation is 3. The van der Waals surface area contributed by atoms with Crippen molar-refractivity contribution in [2.45, 2.75) is 66.0 Å². The van der Waals surface area contributed by atoms with Crippen LogP contribution in [-0.2, 0) is 27.1 Å². The molecule has 196 valence electrons. The fourth-order valence-electron chi connectivity index (χ4n) is 4.07. The highest BCUT2D eigenvalue weighted by molar-refractivity contribution is 5.99. The molecular weight excluding hydrogens is 472 g/mol. The van der Waals surface area contributed by atoms with Gasteiger partial charge in [-0.3, -0.25) is 4.79 Å². The Labute approximate surface area is 217 Å². The smallest absolute Gasteiger partial charge is 0.360 e. The summed E-state index contributed by atoms with van der Waals surface area (Å²) in [5, 5.41) is 6.45. The highest BCUT2D eigenvalue weighted by Gasteiger charge is 2.28. The lowest BCUT2D eigenvalue weighted by Crippen LogP contribution is -2.45. The normalized spacial score (nSPS) is 12.1. The van der Waals surface area contributed by atoms with E-state index in [0.717, 1.165) is 27.8 Å². The summed E-state index contributed by atoms with van der Waals surface area (Å²) in [6, 6.07) is 12.1. The van der Waals surface area contributed by atoms with Crippen LogP contribution in [0.2, 0.25) is 0 Å². The van der Waals surface area contributed by atoms with Gasteiger partial charge in [-0.05, 0) is 63.8 Å². The first-order valence-electron chi connectivity index (χ1n) is 12.2. The molecule has 0 aliphatic carbocycles. The summed E-state index contributed by atoms with van der Waals surface area (Å²) in [5.74, 6) is -1.34. The molecule has 0 aliphatic heterocycles. The molecule has 0 fully saturated rings. The molecule has 8 nitrogen and oxygen atoms in total. The summed E-state index contributed by atoms with van der Waals surface area (Å²) in [6.45, 7) is 11.3. The van der Waals surface area contributed by atoms with Gasteiger partial charge in [-0.25, -0.2) is 9.59 Å². The van der Waals surface area contributed by atoms with Gasteiger partial charge in [0.1, 0.15) is 17.9 Å². The molecule has 2 aromatic carbocycles. The number of rotatable bonds is 9. The van der Waals surface area contributed by atoms with Gasteiger partial charge in [0.15, 0.2) is 5.69 Å². The second-order valence-electron chi connectivity index (χ2n) is 10.1. The standard InChI is InChI=1S/C29H34N2O6/c1-18-15-19(2)25(20(3)16-18)26(32)30-24(28(34)37-29(4,5)6)17-22-9-7-21(8-10-22)11-13-35-27(33)23-12-14-36-31-23/h7-10,12,14-16,24H,11,13,17H2,1-6H3,(H,30,32). The number of benzene rings is 2. The molecule has 0 radical (unpaired) electrons. The molecule has 0 aliphatic rings. The first-order chi connectivity index (χ1) is 17.4. The topological polar surface area (TPSA) is 108 Å². The average molecular weight is 507 g/mol. The van der Waals surface area contributed by atoms with Crippen molar-refractivity contribution >= 4 is 17.8 Å². The third-order valence-corrected chi connectivity index (χ3v) is 5.63. The summed E-state index contributed by atoms with van der Waals surface area (Å²) in [7, 11) is 0. The van der Waals surface area contributed by atoms with E-state index in [2.05, 4.69) is 15.0 Å². The van der Waals surface area contributed by atoms with E-state index in [1.165, 1.54) is 12.3 Å². The van der Waals surface area contributed by atoms with E-state index >= 15 is 0 Å². The van der Waals surface area contributed by atoms with Crippen molar-refractivity contribution in [3.05, 3.63) is 87.8 Å². The Bertz CT molecular complexity index is 1220. The molecule has 1 aromatic heterocycles. The quantitative estimate of drug-likeness (QED) is 0.420. The number of nitrogens with one attached hydrogen (secondary N) is 1. The van der Waals surface area contributed by atoms with Crippen LogP contribution in [0.1, 0.15) is 69.4 Å². The molecular formula is C29H34N2O6. The van der Waals surface area contributed by atoms with Gasteiger partial charge < -0.3 is 19.3 Å². The van der Waals surface area contributed by atoms with E-state index in [4.69, 9.17) is 9.47 Å². The molecule has 1 heterocycles. The molecule has 1 amide bonds. The molecule has 1 unspecified atom stereocenters. The van der Waals surface area contributed by atoms with E-state index in [0.29, 0.717) is 12.0 Å². The molecule has 0 saturated heterocycles. The van der Waals surface area contributed by atoms with Crippen molar-refractivity contribution in [2.75, 3.05) is 6.61 Å². The first kappa shape index (κ1) is 27.6. The van der Waals surface area contributed by atoms with Crippen LogP contribution in [-0.4, -0.2) is 41.3 Å². The van der Waals surface area contributed by atoms with Crippen molar-refractivity contribution in [3.63, 3.8) is 0 Å². The van der Waals surface area contributed by atoms with Gasteiger partial charge in [0.25, 0.3) is 5.91 Å². The van der Waals surface area contributed by atoms with Crippen molar-refractivity contribution in [2.24, 2.45) is 0 Å². The van der Waals surface area contributed by atoms with Gasteiger partial charge in [-0.2, -0.15) is 0 Å². The third-order valence-electron chi connectivity index (χ3n) is 5.63. The number of aromatic nitrogens is 1. The van der Waals surface area contributed by atoms with Crippen molar-refractivity contribution < 1.29 is 28.4 Å². The maximum absolute atomic E-state index is 13.2. The number of hydrogen-bond donors (Lipinski definition) is 1. The van der Waals surface area contributed by atoms with Gasteiger partial charge in [-0.15, -0.1) is 0 Å². The summed E-state index contributed by atoms with van der Waals surface area (Å²) in [5.41, 5.74) is 4.60. The van der Waals surface area contributed by atoms with Crippen LogP contribution < -0.4 is 5.32 Å². The van der Waals surface area contributed by atoms with Crippen LogP contribution in [0.5, 0.6) is 0 Å². The van der Waals surface area contributed by atoms with Crippen molar-refractivity contribution in [1.82, 2.24) is 10.5 Å². The van der Waals surface area contributed by atoms with Gasteiger partial charge >= 0.3 is 11.9 Å². The SMILES string of the molecule is Cc1cc(C)c(C(=O)NC(Cc2ccc(CCOC(=O)c3ccon3)cc2)C(=O)OC(C)(C)C)c(C)c1. The predicted octanol–water partition coefficient (Wildman–Crippen LogP) is 4.68. The Hall–Kier alpha value is -3.94. The van der Waals surface area contributed by atoms with Crippen molar-refractivity contribution in [1.29, 1.82) is 0 Å². The van der Waals surface area contributed by atoms with Gasteiger partial charge in [0.05, 0.1) is 6.61 Å². The number of amides is 1. The zero-order chi connectivity index (χ0) is 27.2. The molecule has 37 heavy (non-hydrogen) atoms. The van der Waals surface area contributed by atoms with Crippen LogP contribution in [0.15, 0.2) is 53.3 Å². The highest BCUT2D eigenvalue weighted by atomic mass is 16.6. The Morgan fingerprint density at radius 2 is 1.59 bits per heavy atom. The van der Waals surface area contributed by atoms with E-state index in [1.54, 1.807) is 20.8 Å². The van der Waals surface area contributed by atoms with Crippen LogP contribution in [0.25, 0.3) is 0 Å². The lowest BCUT2D eigenvalue weighted by atomic mass is 9.98. The van der Waals surface area contributed by atoms with Crippen LogP contribution in [0, 0.1) is 20.8 Å². The molecule has 0 saturated carbocycles. The summed E-state index contributed by atoms with van der Waals surface area (Å²) in [6.07, 6.45) is 2.10. The molecule has 3 aromatic rings. The number of carbonyl (C=O) groups is 3. The van der Waals surface area contributed by atoms with Gasteiger partial charge in [-0.1, -0.05) is 47.1 Å². The predicted molar refractivity (Wildman–Crippen MR) is 138 cm³/mol. The second-order valence-corrected chi connectivity index (χ2v) is 10.1. The molecule has 1 N–H and O–H groups in total. The molecule has 0 spiro atoms. The van der Waals surface area contributed by atoms with E-state index < -0.39 is 23.6 Å². The van der Waals surface area contributed by atoms with Crippen molar-refractivity contribution in [3.8, 4) is 0 Å². The fourth-order valence-corrected chi connectivity index (χ4v) is 4.07. The largest absolute Gasteiger partial charge is 0.461 e. The number of hydrogen-bond acceptors (Lipinski definition) is 7. The summed E-state index contributed by atoms with van der Waals surface area (Å²) in [4.78, 5) is 38.1. The first-order valence-corrected chi connectivity index (χ1v) is 12.2. The minimum Gasteiger partial charge on any atom is -0.461 e. The summed E-state index contributed by atoms with van der Waals surface area (Å²) < 4.78 is 15.5. The number of ether oxygens (including phenoxy) is 2. The maximum Gasteiger partial charge on any atom is 0.360 e. The monoisotopic (exact) mass is 506 g/mol. The number of esters is 2. The summed E-state index contributed by atoms with van der Waals surface area (Å²) >= 11 is 0. The maximum atomic E-state index is 13.2. The molecule has 8 heteroatoms. The van der Waals surface area contributed by atoms with Gasteiger partial charge in [0, 0.05) is 24.5 Å². The molecule has 1 atom stereocenters. The second kappa shape index (κ2) is 11.9. The Morgan fingerprint density at radius 3 is 2.16 bits per heavy atom. The van der Waals surface area contributed by atoms with Crippen LogP contribution >= 0.6 is 0 Å². The van der Waals surface area contributed by atoms with E-state index in [1.807, 2.05) is 57.2 Å². The number of nitrogens with zero attached hydrogens (tertiary/aromatic N) is 1. The Balaban J connectivity index is 1.68. The molecule has 3 rings (SSSR count). The van der Waals surface area contributed by atoms with E-state index in [-0.39, 0.29) is 24.6 Å². The van der Waals surface area contributed by atoms with Gasteiger partial charge in [0.2, 0.25) is 0 Å². The van der Waals surface area contributed by atoms with Crippen LogP contribution in [0.4, 0.5) is 0 Å². The minimum absolute atomic E-state index is 0.126. The fraction of sp³-hybridized carbons (Fsp3) is 0.379. The minimum atomic E-state index is -0.860. The number of carbonyl (C=O) groups excluding carboxylic acids is 3. The Kier molecular flexibility index (Phi) is 8.86. The Morgan fingerprint density at radius 1 is 0.973 bits per heavy atom. The lowest BCUT2D eigenvalue weighted by Gasteiger charge is -2.25. The van der Waals surface area contributed by atoms with Crippen LogP contribution in [0.3, 0.4) is 0 Å². The lowest BCUT2D eigenvalue weighted by molar-refractivity contribution is -0.157. The highest BCUT2D eigenvalue weighted by Crippen LogP contribution is 2.18.